The maximum absolute atomic E-state index is 13.2. The SMILES string of the molecule is COc1cc(/C=C2\SC(=S)N([C@@H](C)c3ccccc3)C2=O)cc(Br)c1OCC(=O)N1CCOCC1. The van der Waals surface area contributed by atoms with Crippen LogP contribution in [0.4, 0.5) is 0 Å². The summed E-state index contributed by atoms with van der Waals surface area (Å²) in [6.07, 6.45) is 1.78. The highest BCUT2D eigenvalue weighted by Gasteiger charge is 2.36. The Morgan fingerprint density at radius 1 is 1.26 bits per heavy atom. The Hall–Kier alpha value is -2.40. The van der Waals surface area contributed by atoms with Crippen LogP contribution in [0.1, 0.15) is 24.1 Å². The predicted octanol–water partition coefficient (Wildman–Crippen LogP) is 4.66. The first-order chi connectivity index (χ1) is 16.9. The Morgan fingerprint density at radius 3 is 2.66 bits per heavy atom. The summed E-state index contributed by atoms with van der Waals surface area (Å²) in [6.45, 7) is 4.03. The number of amides is 2. The van der Waals surface area contributed by atoms with Gasteiger partial charge in [-0.2, -0.15) is 0 Å². The smallest absolute Gasteiger partial charge is 0.266 e. The van der Waals surface area contributed by atoms with Gasteiger partial charge in [-0.25, -0.2) is 0 Å². The molecule has 2 aromatic rings. The fraction of sp³-hybridized carbons (Fsp3) is 0.320. The number of rotatable bonds is 7. The number of ether oxygens (including phenoxy) is 3. The zero-order valence-electron chi connectivity index (χ0n) is 19.4. The van der Waals surface area contributed by atoms with Crippen LogP contribution in [-0.4, -0.2) is 66.0 Å². The number of methoxy groups -OCH3 is 1. The molecule has 10 heteroatoms. The number of carbonyl (C=O) groups excluding carboxylic acids is 2. The Bertz CT molecular complexity index is 1150. The molecule has 1 atom stereocenters. The lowest BCUT2D eigenvalue weighted by atomic mass is 10.1. The summed E-state index contributed by atoms with van der Waals surface area (Å²) in [7, 11) is 1.53. The number of hydrogen-bond acceptors (Lipinski definition) is 7. The van der Waals surface area contributed by atoms with Gasteiger partial charge in [0.25, 0.3) is 11.8 Å². The van der Waals surface area contributed by atoms with Crippen LogP contribution >= 0.6 is 39.9 Å². The van der Waals surface area contributed by atoms with Crippen LogP contribution in [0, 0.1) is 0 Å². The first kappa shape index (κ1) is 25.7. The number of morpholine rings is 1. The van der Waals surface area contributed by atoms with Crippen molar-refractivity contribution < 1.29 is 23.8 Å². The van der Waals surface area contributed by atoms with Gasteiger partial charge in [0.2, 0.25) is 0 Å². The van der Waals surface area contributed by atoms with E-state index in [0.717, 1.165) is 11.1 Å². The predicted molar refractivity (Wildman–Crippen MR) is 143 cm³/mol. The van der Waals surface area contributed by atoms with Gasteiger partial charge in [-0.05, 0) is 52.2 Å². The lowest BCUT2D eigenvalue weighted by molar-refractivity contribution is -0.137. The van der Waals surface area contributed by atoms with Crippen LogP contribution in [0.5, 0.6) is 11.5 Å². The van der Waals surface area contributed by atoms with Gasteiger partial charge in [0.15, 0.2) is 18.1 Å². The molecule has 2 aliphatic heterocycles. The molecule has 4 rings (SSSR count). The summed E-state index contributed by atoms with van der Waals surface area (Å²) >= 11 is 10.3. The van der Waals surface area contributed by atoms with Crippen molar-refractivity contribution in [1.29, 1.82) is 0 Å². The monoisotopic (exact) mass is 576 g/mol. The Labute approximate surface area is 222 Å². The van der Waals surface area contributed by atoms with E-state index in [2.05, 4.69) is 15.9 Å². The van der Waals surface area contributed by atoms with Crippen molar-refractivity contribution in [2.45, 2.75) is 13.0 Å². The molecule has 0 N–H and O–H groups in total. The number of halogens is 1. The van der Waals surface area contributed by atoms with Crippen molar-refractivity contribution in [3.8, 4) is 11.5 Å². The second-order valence-corrected chi connectivity index (χ2v) is 10.5. The number of hydrogen-bond donors (Lipinski definition) is 0. The summed E-state index contributed by atoms with van der Waals surface area (Å²) in [5, 5.41) is 0. The Kier molecular flexibility index (Phi) is 8.48. The van der Waals surface area contributed by atoms with Crippen LogP contribution in [0.15, 0.2) is 51.8 Å². The summed E-state index contributed by atoms with van der Waals surface area (Å²) in [5.41, 5.74) is 1.76. The summed E-state index contributed by atoms with van der Waals surface area (Å²) in [5.74, 6) is 0.635. The highest BCUT2D eigenvalue weighted by Crippen LogP contribution is 2.41. The third-order valence-electron chi connectivity index (χ3n) is 5.75. The largest absolute Gasteiger partial charge is 0.493 e. The molecular formula is C25H25BrN2O5S2. The quantitative estimate of drug-likeness (QED) is 0.351. The van der Waals surface area contributed by atoms with Gasteiger partial charge >= 0.3 is 0 Å². The van der Waals surface area contributed by atoms with E-state index in [4.69, 9.17) is 26.4 Å². The van der Waals surface area contributed by atoms with E-state index in [1.807, 2.05) is 43.3 Å². The fourth-order valence-corrected chi connectivity index (χ4v) is 5.84. The first-order valence-electron chi connectivity index (χ1n) is 11.1. The lowest BCUT2D eigenvalue weighted by Gasteiger charge is -2.27. The number of thioether (sulfide) groups is 1. The van der Waals surface area contributed by atoms with Gasteiger partial charge in [0.05, 0.1) is 35.7 Å². The zero-order valence-corrected chi connectivity index (χ0v) is 22.6. The molecule has 2 heterocycles. The molecule has 0 aliphatic carbocycles. The van der Waals surface area contributed by atoms with E-state index in [1.54, 1.807) is 21.9 Å². The zero-order chi connectivity index (χ0) is 24.9. The van der Waals surface area contributed by atoms with E-state index in [0.29, 0.717) is 51.5 Å². The molecule has 0 bridgehead atoms. The molecule has 0 aromatic heterocycles. The third-order valence-corrected chi connectivity index (χ3v) is 7.67. The second kappa shape index (κ2) is 11.6. The van der Waals surface area contributed by atoms with E-state index in [9.17, 15) is 9.59 Å². The van der Waals surface area contributed by atoms with Crippen molar-refractivity contribution >= 4 is 62.1 Å². The number of benzene rings is 2. The van der Waals surface area contributed by atoms with E-state index < -0.39 is 0 Å². The molecule has 0 saturated carbocycles. The van der Waals surface area contributed by atoms with Gasteiger partial charge < -0.3 is 19.1 Å². The summed E-state index contributed by atoms with van der Waals surface area (Å²) < 4.78 is 17.7. The van der Waals surface area contributed by atoms with Crippen LogP contribution in [0.2, 0.25) is 0 Å². The van der Waals surface area contributed by atoms with E-state index in [1.165, 1.54) is 18.9 Å². The highest BCUT2D eigenvalue weighted by molar-refractivity contribution is 9.10. The average molecular weight is 578 g/mol. The standard InChI is InChI=1S/C25H25BrN2O5S2/c1-16(18-6-4-3-5-7-18)28-24(30)21(35-25(28)34)14-17-12-19(26)23(20(13-17)31-2)33-15-22(29)27-8-10-32-11-9-27/h3-7,12-14,16H,8-11,15H2,1-2H3/b21-14-/t16-/m0/s1. The van der Waals surface area contributed by atoms with Crippen molar-refractivity contribution in [3.63, 3.8) is 0 Å². The molecule has 35 heavy (non-hydrogen) atoms. The Morgan fingerprint density at radius 2 is 1.97 bits per heavy atom. The number of nitrogens with zero attached hydrogens (tertiary/aromatic N) is 2. The molecular weight excluding hydrogens is 552 g/mol. The fourth-order valence-electron chi connectivity index (χ4n) is 3.85. The minimum atomic E-state index is -0.171. The highest BCUT2D eigenvalue weighted by atomic mass is 79.9. The van der Waals surface area contributed by atoms with Crippen molar-refractivity contribution in [2.24, 2.45) is 0 Å². The first-order valence-corrected chi connectivity index (χ1v) is 13.1. The maximum atomic E-state index is 13.2. The summed E-state index contributed by atoms with van der Waals surface area (Å²) in [4.78, 5) is 29.5. The van der Waals surface area contributed by atoms with Crippen molar-refractivity contribution in [1.82, 2.24) is 9.80 Å². The molecule has 2 amide bonds. The van der Waals surface area contributed by atoms with Gasteiger partial charge in [-0.3, -0.25) is 14.5 Å². The molecule has 2 saturated heterocycles. The van der Waals surface area contributed by atoms with E-state index in [-0.39, 0.29) is 24.5 Å². The van der Waals surface area contributed by atoms with Crippen LogP contribution in [0.3, 0.4) is 0 Å². The van der Waals surface area contributed by atoms with Gasteiger partial charge in [0.1, 0.15) is 4.32 Å². The molecule has 2 aliphatic rings. The minimum absolute atomic E-state index is 0.107. The molecule has 2 aromatic carbocycles. The van der Waals surface area contributed by atoms with Gasteiger partial charge in [-0.15, -0.1) is 0 Å². The normalized spacial score (nSPS) is 18.2. The van der Waals surface area contributed by atoms with Crippen LogP contribution in [0.25, 0.3) is 6.08 Å². The van der Waals surface area contributed by atoms with Gasteiger partial charge in [0, 0.05) is 13.1 Å². The number of thiocarbonyl (C=S) groups is 1. The average Bonchev–Trinajstić information content (AvgIpc) is 3.15. The van der Waals surface area contributed by atoms with Crippen LogP contribution in [-0.2, 0) is 14.3 Å². The second-order valence-electron chi connectivity index (χ2n) is 7.95. The minimum Gasteiger partial charge on any atom is -0.493 e. The molecule has 184 valence electrons. The van der Waals surface area contributed by atoms with Gasteiger partial charge in [-0.1, -0.05) is 54.3 Å². The molecule has 7 nitrogen and oxygen atoms in total. The molecule has 0 spiro atoms. The third kappa shape index (κ3) is 5.88. The van der Waals surface area contributed by atoms with Crippen molar-refractivity contribution in [3.05, 3.63) is 63.0 Å². The topological polar surface area (TPSA) is 68.3 Å². The maximum Gasteiger partial charge on any atom is 0.266 e. The number of carbonyl (C=O) groups is 2. The summed E-state index contributed by atoms with van der Waals surface area (Å²) in [6, 6.07) is 13.2. The van der Waals surface area contributed by atoms with E-state index >= 15 is 0 Å². The Balaban J connectivity index is 1.50. The van der Waals surface area contributed by atoms with Crippen molar-refractivity contribution in [2.75, 3.05) is 40.0 Å². The lowest BCUT2D eigenvalue weighted by Crippen LogP contribution is -2.43. The van der Waals surface area contributed by atoms with Crippen LogP contribution < -0.4 is 9.47 Å². The molecule has 2 fully saturated rings. The molecule has 0 unspecified atom stereocenters. The molecule has 0 radical (unpaired) electrons.